The van der Waals surface area contributed by atoms with Crippen LogP contribution in [0.15, 0.2) is 48.9 Å². The number of anilines is 2. The van der Waals surface area contributed by atoms with Crippen molar-refractivity contribution in [1.82, 2.24) is 19.9 Å². The second-order valence-electron chi connectivity index (χ2n) is 10.4. The summed E-state index contributed by atoms with van der Waals surface area (Å²) in [6, 6.07) is 9.61. The summed E-state index contributed by atoms with van der Waals surface area (Å²) in [6.07, 6.45) is 4.99. The number of benzene rings is 1. The Balaban J connectivity index is 1.27. The summed E-state index contributed by atoms with van der Waals surface area (Å²) in [5.41, 5.74) is 5.11. The number of carbonyl (C=O) groups excluding carboxylic acids is 1. The molecule has 0 radical (unpaired) electrons. The Morgan fingerprint density at radius 1 is 1.14 bits per heavy atom. The zero-order valence-corrected chi connectivity index (χ0v) is 20.2. The average Bonchev–Trinajstić information content (AvgIpc) is 3.18. The van der Waals surface area contributed by atoms with Crippen LogP contribution >= 0.6 is 0 Å². The van der Waals surface area contributed by atoms with Crippen LogP contribution in [0.3, 0.4) is 0 Å². The molecule has 186 valence electrons. The molecule has 0 N–H and O–H groups in total. The Morgan fingerprint density at radius 2 is 1.89 bits per heavy atom. The molecule has 1 saturated heterocycles. The van der Waals surface area contributed by atoms with Crippen molar-refractivity contribution in [3.8, 4) is 11.3 Å². The van der Waals surface area contributed by atoms with Gasteiger partial charge in [0.1, 0.15) is 0 Å². The van der Waals surface area contributed by atoms with Crippen molar-refractivity contribution in [2.24, 2.45) is 5.92 Å². The minimum Gasteiger partial charge on any atom is -0.379 e. The second kappa shape index (κ2) is 8.30. The predicted octanol–water partition coefficient (Wildman–Crippen LogP) is 4.38. The van der Waals surface area contributed by atoms with Crippen molar-refractivity contribution in [2.75, 3.05) is 38.3 Å². The number of hydrogen-bond acceptors (Lipinski definition) is 6. The van der Waals surface area contributed by atoms with E-state index in [1.54, 1.807) is 30.5 Å². The minimum atomic E-state index is -2.59. The number of aromatic nitrogens is 3. The Morgan fingerprint density at radius 3 is 2.53 bits per heavy atom. The summed E-state index contributed by atoms with van der Waals surface area (Å²) in [4.78, 5) is 30.4. The van der Waals surface area contributed by atoms with E-state index in [1.165, 1.54) is 0 Å². The van der Waals surface area contributed by atoms with E-state index in [0.717, 1.165) is 28.1 Å². The maximum Gasteiger partial charge on any atom is 0.253 e. The molecule has 1 aromatic carbocycles. The highest BCUT2D eigenvalue weighted by molar-refractivity contribution is 5.96. The monoisotopic (exact) mass is 491 g/mol. The van der Waals surface area contributed by atoms with Gasteiger partial charge in [0.25, 0.3) is 5.91 Å². The third kappa shape index (κ3) is 3.91. The van der Waals surface area contributed by atoms with E-state index < -0.39 is 5.92 Å². The number of amides is 1. The fourth-order valence-corrected chi connectivity index (χ4v) is 5.47. The number of nitrogens with zero attached hydrogens (tertiary/aromatic N) is 5. The van der Waals surface area contributed by atoms with Gasteiger partial charge in [-0.15, -0.1) is 0 Å². The molecule has 1 saturated carbocycles. The second-order valence-corrected chi connectivity index (χ2v) is 10.4. The van der Waals surface area contributed by atoms with E-state index in [4.69, 9.17) is 4.74 Å². The minimum absolute atomic E-state index is 0.152. The van der Waals surface area contributed by atoms with Gasteiger partial charge >= 0.3 is 0 Å². The number of alkyl halides is 2. The van der Waals surface area contributed by atoms with Gasteiger partial charge in [-0.2, -0.15) is 0 Å². The molecule has 1 aliphatic carbocycles. The van der Waals surface area contributed by atoms with Gasteiger partial charge in [0, 0.05) is 68.4 Å². The molecule has 2 fully saturated rings. The van der Waals surface area contributed by atoms with Crippen LogP contribution in [-0.2, 0) is 10.2 Å². The van der Waals surface area contributed by atoms with Crippen LogP contribution in [0.25, 0.3) is 11.3 Å². The molecule has 36 heavy (non-hydrogen) atoms. The SMILES string of the molecule is Cc1ccnc(-c2cnc(N3CC4(COC4)c4ccc(C(=O)N(C)CC5CC(F)(F)C5)cc43)nc2)c1. The topological polar surface area (TPSA) is 71.5 Å². The highest BCUT2D eigenvalue weighted by atomic mass is 19.3. The van der Waals surface area contributed by atoms with Gasteiger partial charge in [-0.3, -0.25) is 9.78 Å². The van der Waals surface area contributed by atoms with Gasteiger partial charge < -0.3 is 14.5 Å². The highest BCUT2D eigenvalue weighted by Crippen LogP contribution is 2.48. The quantitative estimate of drug-likeness (QED) is 0.528. The molecule has 6 rings (SSSR count). The first-order valence-electron chi connectivity index (χ1n) is 12.1. The van der Waals surface area contributed by atoms with Crippen LogP contribution in [0.5, 0.6) is 0 Å². The average molecular weight is 492 g/mol. The Bertz CT molecular complexity index is 1320. The molecule has 1 amide bonds. The van der Waals surface area contributed by atoms with Crippen LogP contribution in [0.2, 0.25) is 0 Å². The number of hydrogen-bond donors (Lipinski definition) is 0. The van der Waals surface area contributed by atoms with Gasteiger partial charge in [-0.1, -0.05) is 6.07 Å². The fourth-order valence-electron chi connectivity index (χ4n) is 5.47. The van der Waals surface area contributed by atoms with Gasteiger partial charge in [0.2, 0.25) is 11.9 Å². The lowest BCUT2D eigenvalue weighted by Crippen LogP contribution is -2.49. The molecule has 7 nitrogen and oxygen atoms in total. The molecule has 9 heteroatoms. The fraction of sp³-hybridized carbons (Fsp3) is 0.407. The molecule has 2 aromatic heterocycles. The number of fused-ring (bicyclic) bond motifs is 2. The maximum absolute atomic E-state index is 13.2. The molecule has 0 atom stereocenters. The molecule has 2 aliphatic heterocycles. The molecule has 1 spiro atoms. The molecule has 0 bridgehead atoms. The van der Waals surface area contributed by atoms with E-state index in [0.29, 0.717) is 37.8 Å². The Hall–Kier alpha value is -3.46. The number of aryl methyl sites for hydroxylation is 1. The van der Waals surface area contributed by atoms with Crippen molar-refractivity contribution in [1.29, 1.82) is 0 Å². The van der Waals surface area contributed by atoms with E-state index >= 15 is 0 Å². The van der Waals surface area contributed by atoms with Gasteiger partial charge in [0.15, 0.2) is 0 Å². The van der Waals surface area contributed by atoms with Gasteiger partial charge in [-0.25, -0.2) is 18.7 Å². The smallest absolute Gasteiger partial charge is 0.253 e. The molecule has 4 heterocycles. The van der Waals surface area contributed by atoms with E-state index in [2.05, 4.69) is 15.0 Å². The first-order chi connectivity index (χ1) is 17.2. The number of carbonyl (C=O) groups is 1. The largest absolute Gasteiger partial charge is 0.379 e. The van der Waals surface area contributed by atoms with Crippen LogP contribution in [0.1, 0.15) is 34.3 Å². The summed E-state index contributed by atoms with van der Waals surface area (Å²) >= 11 is 0. The predicted molar refractivity (Wildman–Crippen MR) is 131 cm³/mol. The first-order valence-corrected chi connectivity index (χ1v) is 12.1. The van der Waals surface area contributed by atoms with E-state index in [9.17, 15) is 13.6 Å². The molecular formula is C27H27F2N5O2. The third-order valence-corrected chi connectivity index (χ3v) is 7.47. The molecule has 3 aromatic rings. The summed E-state index contributed by atoms with van der Waals surface area (Å²) in [5, 5.41) is 0. The number of rotatable bonds is 5. The maximum atomic E-state index is 13.2. The van der Waals surface area contributed by atoms with Crippen molar-refractivity contribution in [2.45, 2.75) is 31.1 Å². The van der Waals surface area contributed by atoms with Gasteiger partial charge in [0.05, 0.1) is 24.3 Å². The zero-order valence-electron chi connectivity index (χ0n) is 20.2. The molecular weight excluding hydrogens is 464 g/mol. The third-order valence-electron chi connectivity index (χ3n) is 7.47. The lowest BCUT2D eigenvalue weighted by molar-refractivity contribution is -0.113. The van der Waals surface area contributed by atoms with Crippen LogP contribution in [0.4, 0.5) is 20.4 Å². The highest BCUT2D eigenvalue weighted by Gasteiger charge is 2.50. The van der Waals surface area contributed by atoms with E-state index in [-0.39, 0.29) is 30.1 Å². The normalized spacial score (nSPS) is 19.5. The lowest BCUT2D eigenvalue weighted by Gasteiger charge is -2.38. The van der Waals surface area contributed by atoms with Crippen LogP contribution < -0.4 is 4.90 Å². The molecule has 3 aliphatic rings. The summed E-state index contributed by atoms with van der Waals surface area (Å²) < 4.78 is 32.0. The molecule has 0 unspecified atom stereocenters. The number of halogens is 2. The van der Waals surface area contributed by atoms with Crippen molar-refractivity contribution >= 4 is 17.5 Å². The zero-order chi connectivity index (χ0) is 25.1. The summed E-state index contributed by atoms with van der Waals surface area (Å²) in [5.74, 6) is -2.39. The first kappa shape index (κ1) is 23.0. The van der Waals surface area contributed by atoms with Gasteiger partial charge in [-0.05, 0) is 48.2 Å². The van der Waals surface area contributed by atoms with E-state index in [1.807, 2.05) is 42.2 Å². The lowest BCUT2D eigenvalue weighted by atomic mass is 9.80. The number of pyridine rings is 1. The van der Waals surface area contributed by atoms with Crippen molar-refractivity contribution < 1.29 is 18.3 Å². The Labute approximate surface area is 208 Å². The van der Waals surface area contributed by atoms with Crippen molar-refractivity contribution in [3.05, 3.63) is 65.6 Å². The standard InChI is InChI=1S/C27H27F2N5O2/c1-17-5-6-30-22(7-17)20-11-31-25(32-12-20)34-14-26(15-36-16-26)21-4-3-19(8-23(21)34)24(35)33(2)13-18-9-27(28,29)10-18/h3-8,11-12,18H,9-10,13-16H2,1-2H3. The Kier molecular flexibility index (Phi) is 5.29. The summed E-state index contributed by atoms with van der Waals surface area (Å²) in [6.45, 7) is 4.20. The van der Waals surface area contributed by atoms with Crippen LogP contribution in [0, 0.1) is 12.8 Å². The van der Waals surface area contributed by atoms with Crippen LogP contribution in [-0.4, -0.2) is 65.0 Å². The number of ether oxygens (including phenoxy) is 1. The summed E-state index contributed by atoms with van der Waals surface area (Å²) in [7, 11) is 1.67. The van der Waals surface area contributed by atoms with Crippen molar-refractivity contribution in [3.63, 3.8) is 0 Å².